The molecule has 0 radical (unpaired) electrons. The van der Waals surface area contributed by atoms with Crippen molar-refractivity contribution in [3.8, 4) is 0 Å². The molecular formula is C9H15N3O2. The molecule has 0 aliphatic carbocycles. The van der Waals surface area contributed by atoms with Crippen molar-refractivity contribution in [2.75, 3.05) is 26.9 Å². The number of non-ortho nitro benzene ring substituents is 1. The Morgan fingerprint density at radius 3 is 2.14 bits per heavy atom. The van der Waals surface area contributed by atoms with E-state index in [9.17, 15) is 10.1 Å². The molecule has 78 valence electrons. The maximum atomic E-state index is 10.1. The maximum absolute atomic E-state index is 10.1. The highest BCUT2D eigenvalue weighted by Crippen LogP contribution is 2.13. The zero-order chi connectivity index (χ0) is 11.1. The molecule has 1 aromatic rings. The molecule has 0 bridgehead atoms. The highest BCUT2D eigenvalue weighted by molar-refractivity contribution is 5.46. The van der Waals surface area contributed by atoms with E-state index < -0.39 is 4.92 Å². The van der Waals surface area contributed by atoms with Crippen LogP contribution >= 0.6 is 0 Å². The molecule has 1 rings (SSSR count). The highest BCUT2D eigenvalue weighted by atomic mass is 16.6. The lowest BCUT2D eigenvalue weighted by Crippen LogP contribution is -1.99. The number of nitrogens with zero attached hydrogens (tertiary/aromatic N) is 2. The van der Waals surface area contributed by atoms with Gasteiger partial charge in [0.05, 0.1) is 4.92 Å². The van der Waals surface area contributed by atoms with E-state index in [-0.39, 0.29) is 5.69 Å². The average Bonchev–Trinajstić information content (AvgIpc) is 2.03. The number of hydrogen-bond acceptors (Lipinski definition) is 4. The van der Waals surface area contributed by atoms with E-state index in [2.05, 4.69) is 0 Å². The van der Waals surface area contributed by atoms with Gasteiger partial charge in [0.1, 0.15) is 0 Å². The van der Waals surface area contributed by atoms with Crippen molar-refractivity contribution in [3.05, 3.63) is 34.4 Å². The molecule has 0 aliphatic rings. The first-order chi connectivity index (χ1) is 6.43. The summed E-state index contributed by atoms with van der Waals surface area (Å²) in [4.78, 5) is 11.6. The quantitative estimate of drug-likeness (QED) is 0.419. The predicted molar refractivity (Wildman–Crippen MR) is 57.1 cm³/mol. The predicted octanol–water partition coefficient (Wildman–Crippen LogP) is 1.35. The van der Waals surface area contributed by atoms with E-state index >= 15 is 0 Å². The van der Waals surface area contributed by atoms with Crippen LogP contribution in [0.5, 0.6) is 0 Å². The summed E-state index contributed by atoms with van der Waals surface area (Å²) in [7, 11) is 6.00. The lowest BCUT2D eigenvalue weighted by molar-refractivity contribution is -0.384. The molecule has 14 heavy (non-hydrogen) atoms. The molecule has 0 unspecified atom stereocenters. The van der Waals surface area contributed by atoms with Gasteiger partial charge in [-0.2, -0.15) is 0 Å². The summed E-state index contributed by atoms with van der Waals surface area (Å²) in [5.41, 5.74) is 5.73. The Kier molecular flexibility index (Phi) is 5.24. The molecule has 5 nitrogen and oxygen atoms in total. The van der Waals surface area contributed by atoms with Gasteiger partial charge in [0.15, 0.2) is 0 Å². The molecule has 0 fully saturated rings. The Balaban J connectivity index is 0.000000364. The minimum absolute atomic E-state index is 0.0278. The van der Waals surface area contributed by atoms with Gasteiger partial charge in [-0.1, -0.05) is 6.07 Å². The lowest BCUT2D eigenvalue weighted by atomic mass is 10.3. The van der Waals surface area contributed by atoms with Gasteiger partial charge in [0.2, 0.25) is 0 Å². The molecule has 5 heteroatoms. The van der Waals surface area contributed by atoms with E-state index in [4.69, 9.17) is 5.73 Å². The van der Waals surface area contributed by atoms with Crippen molar-refractivity contribution in [2.24, 2.45) is 0 Å². The van der Waals surface area contributed by atoms with Gasteiger partial charge in [-0.3, -0.25) is 10.1 Å². The third-order valence-corrected chi connectivity index (χ3v) is 1.08. The molecule has 0 heterocycles. The van der Waals surface area contributed by atoms with E-state index in [1.807, 2.05) is 26.0 Å². The Labute approximate surface area is 83.3 Å². The van der Waals surface area contributed by atoms with Gasteiger partial charge in [0, 0.05) is 17.8 Å². The van der Waals surface area contributed by atoms with Crippen LogP contribution in [0.2, 0.25) is 0 Å². The van der Waals surface area contributed by atoms with E-state index in [0.717, 1.165) is 0 Å². The standard InChI is InChI=1S/C6H6N2O2.C3H9N/c7-5-2-1-3-6(4-5)8(9)10;1-4(2)3/h1-4H,7H2;1-3H3. The van der Waals surface area contributed by atoms with Crippen LogP contribution in [0, 0.1) is 10.1 Å². The number of nitro groups is 1. The van der Waals surface area contributed by atoms with Crippen molar-refractivity contribution in [3.63, 3.8) is 0 Å². The van der Waals surface area contributed by atoms with Crippen LogP contribution in [0.15, 0.2) is 24.3 Å². The second kappa shape index (κ2) is 5.93. The first-order valence-corrected chi connectivity index (χ1v) is 4.04. The molecule has 0 spiro atoms. The van der Waals surface area contributed by atoms with Crippen molar-refractivity contribution < 1.29 is 4.92 Å². The summed E-state index contributed by atoms with van der Waals surface area (Å²) in [5.74, 6) is 0. The third kappa shape index (κ3) is 5.96. The molecule has 0 aromatic heterocycles. The molecule has 1 aromatic carbocycles. The number of nitrogens with two attached hydrogens (primary N) is 1. The molecule has 0 saturated carbocycles. The van der Waals surface area contributed by atoms with Crippen LogP contribution in [0.1, 0.15) is 0 Å². The number of nitrogen functional groups attached to an aromatic ring is 1. The second-order valence-electron chi connectivity index (χ2n) is 3.19. The van der Waals surface area contributed by atoms with Crippen LogP contribution < -0.4 is 5.73 Å². The summed E-state index contributed by atoms with van der Waals surface area (Å²) < 4.78 is 0. The SMILES string of the molecule is CN(C)C.Nc1cccc([N+](=O)[O-])c1. The Bertz CT molecular complexity index is 297. The first kappa shape index (κ1) is 12.4. The molecule has 0 atom stereocenters. The summed E-state index contributed by atoms with van der Waals surface area (Å²) in [6.45, 7) is 0. The summed E-state index contributed by atoms with van der Waals surface area (Å²) in [6, 6.07) is 5.87. The summed E-state index contributed by atoms with van der Waals surface area (Å²) in [5, 5.41) is 10.1. The van der Waals surface area contributed by atoms with Crippen molar-refractivity contribution in [1.82, 2.24) is 4.90 Å². The third-order valence-electron chi connectivity index (χ3n) is 1.08. The van der Waals surface area contributed by atoms with Gasteiger partial charge in [-0.15, -0.1) is 0 Å². The van der Waals surface area contributed by atoms with Crippen molar-refractivity contribution in [2.45, 2.75) is 0 Å². The lowest BCUT2D eigenvalue weighted by Gasteiger charge is -1.90. The average molecular weight is 197 g/mol. The fraction of sp³-hybridized carbons (Fsp3) is 0.333. The Hall–Kier alpha value is -1.62. The van der Waals surface area contributed by atoms with Crippen molar-refractivity contribution >= 4 is 11.4 Å². The largest absolute Gasteiger partial charge is 0.399 e. The van der Waals surface area contributed by atoms with Crippen LogP contribution in [0.3, 0.4) is 0 Å². The molecule has 0 saturated heterocycles. The van der Waals surface area contributed by atoms with Crippen molar-refractivity contribution in [1.29, 1.82) is 0 Å². The zero-order valence-corrected chi connectivity index (χ0v) is 8.60. The summed E-state index contributed by atoms with van der Waals surface area (Å²) >= 11 is 0. The second-order valence-corrected chi connectivity index (χ2v) is 3.19. The molecular weight excluding hydrogens is 182 g/mol. The monoisotopic (exact) mass is 197 g/mol. The Morgan fingerprint density at radius 1 is 1.36 bits per heavy atom. The fourth-order valence-corrected chi connectivity index (χ4v) is 0.638. The van der Waals surface area contributed by atoms with Crippen LogP contribution in [-0.4, -0.2) is 31.0 Å². The van der Waals surface area contributed by atoms with Gasteiger partial charge in [-0.25, -0.2) is 0 Å². The number of hydrogen-bond donors (Lipinski definition) is 1. The minimum atomic E-state index is -0.476. The van der Waals surface area contributed by atoms with Gasteiger partial charge in [0.25, 0.3) is 5.69 Å². The highest BCUT2D eigenvalue weighted by Gasteiger charge is 2.02. The van der Waals surface area contributed by atoms with Gasteiger partial charge >= 0.3 is 0 Å². The molecule has 0 amide bonds. The van der Waals surface area contributed by atoms with Crippen LogP contribution in [0.4, 0.5) is 11.4 Å². The zero-order valence-electron chi connectivity index (χ0n) is 8.60. The summed E-state index contributed by atoms with van der Waals surface area (Å²) in [6.07, 6.45) is 0. The number of nitro benzene ring substituents is 1. The number of benzene rings is 1. The van der Waals surface area contributed by atoms with Gasteiger partial charge < -0.3 is 10.6 Å². The smallest absolute Gasteiger partial charge is 0.271 e. The van der Waals surface area contributed by atoms with Gasteiger partial charge in [-0.05, 0) is 27.2 Å². The molecule has 0 aliphatic heterocycles. The normalized spacial score (nSPS) is 9.14. The van der Waals surface area contributed by atoms with E-state index in [0.29, 0.717) is 5.69 Å². The maximum Gasteiger partial charge on any atom is 0.271 e. The Morgan fingerprint density at radius 2 is 1.86 bits per heavy atom. The topological polar surface area (TPSA) is 72.4 Å². The van der Waals surface area contributed by atoms with E-state index in [1.165, 1.54) is 12.1 Å². The first-order valence-electron chi connectivity index (χ1n) is 4.04. The number of anilines is 1. The number of rotatable bonds is 1. The molecule has 2 N–H and O–H groups in total. The minimum Gasteiger partial charge on any atom is -0.399 e. The van der Waals surface area contributed by atoms with E-state index in [1.54, 1.807) is 12.1 Å². The van der Waals surface area contributed by atoms with Crippen LogP contribution in [0.25, 0.3) is 0 Å². The fourth-order valence-electron chi connectivity index (χ4n) is 0.638. The van der Waals surface area contributed by atoms with Crippen LogP contribution in [-0.2, 0) is 0 Å².